The highest BCUT2D eigenvalue weighted by Gasteiger charge is 2.12. The molecule has 0 saturated carbocycles. The van der Waals surface area contributed by atoms with Crippen molar-refractivity contribution in [2.75, 3.05) is 13.2 Å². The lowest BCUT2D eigenvalue weighted by atomic mass is 10.1. The molecular weight excluding hydrogens is 216 g/mol. The molecular formula is C13H16N2O2. The van der Waals surface area contributed by atoms with Crippen LogP contribution in [-0.4, -0.2) is 24.1 Å². The standard InChI is InChI=1S/C13H16N2O2/c1-2-17-13(16)15(11-14)10-6-9-12-7-4-3-5-8-12/h3-5,7-8H,2,6,9-10H2,1H3. The molecule has 0 aromatic heterocycles. The van der Waals surface area contributed by atoms with Crippen LogP contribution in [-0.2, 0) is 11.2 Å². The van der Waals surface area contributed by atoms with Crippen LogP contribution in [0.4, 0.5) is 4.79 Å². The summed E-state index contributed by atoms with van der Waals surface area (Å²) in [6, 6.07) is 9.97. The Labute approximate surface area is 101 Å². The average Bonchev–Trinajstić information content (AvgIpc) is 2.36. The fourth-order valence-corrected chi connectivity index (χ4v) is 1.47. The first-order valence-electron chi connectivity index (χ1n) is 5.66. The minimum atomic E-state index is -0.567. The van der Waals surface area contributed by atoms with Gasteiger partial charge in [0.1, 0.15) is 0 Å². The highest BCUT2D eigenvalue weighted by molar-refractivity contribution is 5.69. The maximum absolute atomic E-state index is 11.3. The molecule has 1 aromatic carbocycles. The predicted octanol–water partition coefficient (Wildman–Crippen LogP) is 2.56. The largest absolute Gasteiger partial charge is 0.449 e. The molecule has 0 bridgehead atoms. The molecule has 1 aromatic rings. The molecule has 4 heteroatoms. The lowest BCUT2D eigenvalue weighted by molar-refractivity contribution is 0.124. The first-order chi connectivity index (χ1) is 8.27. The minimum Gasteiger partial charge on any atom is -0.449 e. The van der Waals surface area contributed by atoms with Gasteiger partial charge in [-0.3, -0.25) is 0 Å². The van der Waals surface area contributed by atoms with Crippen LogP contribution in [0.15, 0.2) is 30.3 Å². The number of hydrogen-bond donors (Lipinski definition) is 0. The monoisotopic (exact) mass is 232 g/mol. The summed E-state index contributed by atoms with van der Waals surface area (Å²) in [7, 11) is 0. The van der Waals surface area contributed by atoms with Crippen LogP contribution in [0, 0.1) is 11.5 Å². The molecule has 90 valence electrons. The van der Waals surface area contributed by atoms with E-state index in [0.29, 0.717) is 6.54 Å². The number of ether oxygens (including phenoxy) is 1. The van der Waals surface area contributed by atoms with E-state index in [-0.39, 0.29) is 6.61 Å². The van der Waals surface area contributed by atoms with Crippen molar-refractivity contribution in [3.05, 3.63) is 35.9 Å². The van der Waals surface area contributed by atoms with Gasteiger partial charge in [-0.1, -0.05) is 30.3 Å². The van der Waals surface area contributed by atoms with Crippen molar-refractivity contribution in [2.45, 2.75) is 19.8 Å². The molecule has 0 spiro atoms. The molecule has 0 radical (unpaired) electrons. The second-order valence-electron chi connectivity index (χ2n) is 3.54. The number of carbonyl (C=O) groups excluding carboxylic acids is 1. The van der Waals surface area contributed by atoms with Crippen LogP contribution in [0.5, 0.6) is 0 Å². The fourth-order valence-electron chi connectivity index (χ4n) is 1.47. The van der Waals surface area contributed by atoms with Crippen LogP contribution in [0.3, 0.4) is 0 Å². The maximum Gasteiger partial charge on any atom is 0.423 e. The van der Waals surface area contributed by atoms with Crippen LogP contribution in [0.1, 0.15) is 18.9 Å². The van der Waals surface area contributed by atoms with Crippen molar-refractivity contribution in [3.63, 3.8) is 0 Å². The van der Waals surface area contributed by atoms with Gasteiger partial charge in [-0.15, -0.1) is 0 Å². The van der Waals surface area contributed by atoms with Gasteiger partial charge in [-0.25, -0.2) is 9.69 Å². The van der Waals surface area contributed by atoms with E-state index in [9.17, 15) is 4.79 Å². The Morgan fingerprint density at radius 2 is 2.12 bits per heavy atom. The Morgan fingerprint density at radius 3 is 2.71 bits per heavy atom. The van der Waals surface area contributed by atoms with Gasteiger partial charge in [0.2, 0.25) is 0 Å². The van der Waals surface area contributed by atoms with E-state index in [2.05, 4.69) is 0 Å². The normalized spacial score (nSPS) is 9.41. The highest BCUT2D eigenvalue weighted by atomic mass is 16.6. The number of benzene rings is 1. The Kier molecular flexibility index (Phi) is 5.59. The Bertz CT molecular complexity index is 384. The lowest BCUT2D eigenvalue weighted by Crippen LogP contribution is -2.28. The molecule has 0 atom stereocenters. The summed E-state index contributed by atoms with van der Waals surface area (Å²) in [6.45, 7) is 2.40. The van der Waals surface area contributed by atoms with Gasteiger partial charge in [0.25, 0.3) is 0 Å². The van der Waals surface area contributed by atoms with Crippen molar-refractivity contribution < 1.29 is 9.53 Å². The maximum atomic E-state index is 11.3. The zero-order chi connectivity index (χ0) is 12.5. The van der Waals surface area contributed by atoms with E-state index in [1.54, 1.807) is 6.92 Å². The quantitative estimate of drug-likeness (QED) is 0.579. The van der Waals surface area contributed by atoms with E-state index in [4.69, 9.17) is 10.00 Å². The number of nitriles is 1. The Hall–Kier alpha value is -2.02. The summed E-state index contributed by atoms with van der Waals surface area (Å²) >= 11 is 0. The van der Waals surface area contributed by atoms with Crippen molar-refractivity contribution in [3.8, 4) is 6.19 Å². The SMILES string of the molecule is CCOC(=O)N(C#N)CCCc1ccccc1. The molecule has 4 nitrogen and oxygen atoms in total. The third kappa shape index (κ3) is 4.56. The van der Waals surface area contributed by atoms with E-state index in [0.717, 1.165) is 17.7 Å². The molecule has 1 amide bonds. The minimum absolute atomic E-state index is 0.287. The number of amides is 1. The van der Waals surface area contributed by atoms with E-state index < -0.39 is 6.09 Å². The molecule has 0 saturated heterocycles. The predicted molar refractivity (Wildman–Crippen MR) is 64.1 cm³/mol. The van der Waals surface area contributed by atoms with Crippen LogP contribution < -0.4 is 0 Å². The zero-order valence-corrected chi connectivity index (χ0v) is 9.93. The van der Waals surface area contributed by atoms with Gasteiger partial charge in [0.05, 0.1) is 6.61 Å². The number of rotatable bonds is 5. The number of carbonyl (C=O) groups is 1. The van der Waals surface area contributed by atoms with E-state index in [1.165, 1.54) is 5.56 Å². The van der Waals surface area contributed by atoms with Crippen LogP contribution in [0.25, 0.3) is 0 Å². The average molecular weight is 232 g/mol. The third-order valence-corrected chi connectivity index (χ3v) is 2.30. The second-order valence-corrected chi connectivity index (χ2v) is 3.54. The second kappa shape index (κ2) is 7.29. The molecule has 0 aliphatic rings. The van der Waals surface area contributed by atoms with Crippen molar-refractivity contribution in [2.24, 2.45) is 0 Å². The number of aryl methyl sites for hydroxylation is 1. The number of nitrogens with zero attached hydrogens (tertiary/aromatic N) is 2. The molecule has 0 fully saturated rings. The first-order valence-corrected chi connectivity index (χ1v) is 5.66. The van der Waals surface area contributed by atoms with Crippen LogP contribution >= 0.6 is 0 Å². The molecule has 0 unspecified atom stereocenters. The molecule has 17 heavy (non-hydrogen) atoms. The summed E-state index contributed by atoms with van der Waals surface area (Å²) in [5.74, 6) is 0. The first kappa shape index (κ1) is 13.0. The van der Waals surface area contributed by atoms with E-state index >= 15 is 0 Å². The molecule has 0 aliphatic heterocycles. The summed E-state index contributed by atoms with van der Waals surface area (Å²) in [5, 5.41) is 8.80. The third-order valence-electron chi connectivity index (χ3n) is 2.30. The van der Waals surface area contributed by atoms with Crippen molar-refractivity contribution in [1.29, 1.82) is 5.26 Å². The number of hydrogen-bond acceptors (Lipinski definition) is 3. The Morgan fingerprint density at radius 1 is 1.41 bits per heavy atom. The van der Waals surface area contributed by atoms with Crippen LogP contribution in [0.2, 0.25) is 0 Å². The van der Waals surface area contributed by atoms with Gasteiger partial charge >= 0.3 is 6.09 Å². The molecule has 1 rings (SSSR count). The Balaban J connectivity index is 2.34. The van der Waals surface area contributed by atoms with Gasteiger partial charge in [0.15, 0.2) is 6.19 Å². The molecule has 0 aliphatic carbocycles. The topological polar surface area (TPSA) is 53.3 Å². The lowest BCUT2D eigenvalue weighted by Gasteiger charge is -2.12. The zero-order valence-electron chi connectivity index (χ0n) is 9.93. The summed E-state index contributed by atoms with van der Waals surface area (Å²) in [6.07, 6.45) is 2.86. The smallest absolute Gasteiger partial charge is 0.423 e. The molecule has 0 heterocycles. The summed E-state index contributed by atoms with van der Waals surface area (Å²) in [5.41, 5.74) is 1.20. The summed E-state index contributed by atoms with van der Waals surface area (Å²) < 4.78 is 4.76. The highest BCUT2D eigenvalue weighted by Crippen LogP contribution is 2.04. The molecule has 0 N–H and O–H groups in total. The van der Waals surface area contributed by atoms with Crippen molar-refractivity contribution >= 4 is 6.09 Å². The van der Waals surface area contributed by atoms with Gasteiger partial charge in [0, 0.05) is 6.54 Å². The van der Waals surface area contributed by atoms with Gasteiger partial charge in [-0.2, -0.15) is 5.26 Å². The van der Waals surface area contributed by atoms with Crippen molar-refractivity contribution in [1.82, 2.24) is 4.90 Å². The fraction of sp³-hybridized carbons (Fsp3) is 0.385. The van der Waals surface area contributed by atoms with Gasteiger partial charge in [-0.05, 0) is 25.3 Å². The van der Waals surface area contributed by atoms with E-state index in [1.807, 2.05) is 36.5 Å². The van der Waals surface area contributed by atoms with Gasteiger partial charge < -0.3 is 4.74 Å². The summed E-state index contributed by atoms with van der Waals surface area (Å²) in [4.78, 5) is 12.3.